The van der Waals surface area contributed by atoms with Gasteiger partial charge in [0.05, 0.1) is 17.5 Å². The summed E-state index contributed by atoms with van der Waals surface area (Å²) in [5, 5.41) is 6.07. The number of alkyl halides is 3. The number of halogens is 3. The van der Waals surface area contributed by atoms with E-state index in [2.05, 4.69) is 16.4 Å². The van der Waals surface area contributed by atoms with Gasteiger partial charge in [-0.05, 0) is 115 Å². The maximum absolute atomic E-state index is 14.3. The lowest BCUT2D eigenvalue weighted by atomic mass is 9.72. The third-order valence-corrected chi connectivity index (χ3v) is 13.7. The third kappa shape index (κ3) is 9.40. The van der Waals surface area contributed by atoms with Gasteiger partial charge >= 0.3 is 12.3 Å². The van der Waals surface area contributed by atoms with Gasteiger partial charge in [0.1, 0.15) is 32.6 Å². The summed E-state index contributed by atoms with van der Waals surface area (Å²) in [6.45, 7) is 14.8. The van der Waals surface area contributed by atoms with E-state index in [1.54, 1.807) is 17.2 Å². The molecule has 0 aliphatic carbocycles. The van der Waals surface area contributed by atoms with E-state index in [0.717, 1.165) is 48.6 Å². The summed E-state index contributed by atoms with van der Waals surface area (Å²) in [4.78, 5) is 29.3. The average molecular weight is 882 g/mol. The van der Waals surface area contributed by atoms with Crippen LogP contribution in [0.25, 0.3) is 39.0 Å². The van der Waals surface area contributed by atoms with Crippen molar-refractivity contribution in [1.82, 2.24) is 29.5 Å². The molecule has 17 heteroatoms. The zero-order chi connectivity index (χ0) is 44.2. The number of fused-ring (bicyclic) bond motifs is 2. The van der Waals surface area contributed by atoms with Crippen LogP contribution < -0.4 is 9.64 Å². The Morgan fingerprint density at radius 1 is 1.02 bits per heavy atom. The van der Waals surface area contributed by atoms with Gasteiger partial charge in [0, 0.05) is 73.3 Å². The van der Waals surface area contributed by atoms with Crippen molar-refractivity contribution in [2.75, 3.05) is 75.9 Å². The molecule has 4 aromatic rings. The van der Waals surface area contributed by atoms with Gasteiger partial charge in [-0.3, -0.25) is 0 Å². The van der Waals surface area contributed by atoms with Crippen molar-refractivity contribution in [3.05, 3.63) is 47.9 Å². The molecule has 1 unspecified atom stereocenters. The van der Waals surface area contributed by atoms with Crippen LogP contribution in [0.15, 0.2) is 31.0 Å². The quantitative estimate of drug-likeness (QED) is 0.152. The molecule has 2 aromatic heterocycles. The number of rotatable bonds is 10. The first-order valence-electron chi connectivity index (χ1n) is 21.7. The van der Waals surface area contributed by atoms with E-state index < -0.39 is 28.2 Å². The minimum Gasteiger partial charge on any atom is -0.481 e. The van der Waals surface area contributed by atoms with E-state index >= 15 is 0 Å². The minimum absolute atomic E-state index is 0.00274. The number of aromatic nitrogens is 4. The van der Waals surface area contributed by atoms with Crippen molar-refractivity contribution in [2.24, 2.45) is 5.41 Å². The number of likely N-dealkylation sites (tertiary alicyclic amines) is 2. The number of anilines is 1. The second-order valence-electron chi connectivity index (χ2n) is 18.7. The molecule has 4 aliphatic rings. The van der Waals surface area contributed by atoms with Gasteiger partial charge in [0.15, 0.2) is 18.6 Å². The molecule has 1 amide bonds. The molecule has 0 saturated carbocycles. The number of carbonyl (C=O) groups excluding carboxylic acids is 1. The predicted octanol–water partition coefficient (Wildman–Crippen LogP) is 8.30. The Labute approximate surface area is 361 Å². The monoisotopic (exact) mass is 881 g/mol. The van der Waals surface area contributed by atoms with E-state index in [1.165, 1.54) is 6.26 Å². The van der Waals surface area contributed by atoms with E-state index in [9.17, 15) is 26.4 Å². The molecule has 336 valence electrons. The molecule has 4 saturated heterocycles. The largest absolute Gasteiger partial charge is 0.481 e. The maximum atomic E-state index is 14.3. The summed E-state index contributed by atoms with van der Waals surface area (Å²) in [6.07, 6.45) is 5.04. The number of amides is 1. The minimum atomic E-state index is -4.65. The molecular formula is C45H58F3N7O6S. The molecule has 0 radical (unpaired) electrons. The van der Waals surface area contributed by atoms with Gasteiger partial charge in [0.25, 0.3) is 0 Å². The Balaban J connectivity index is 1.23. The fourth-order valence-electron chi connectivity index (χ4n) is 9.54. The lowest BCUT2D eigenvalue weighted by molar-refractivity contribution is -0.153. The highest BCUT2D eigenvalue weighted by atomic mass is 32.2. The van der Waals surface area contributed by atoms with Crippen LogP contribution in [0.2, 0.25) is 0 Å². The molecule has 4 aliphatic heterocycles. The van der Waals surface area contributed by atoms with Gasteiger partial charge in [0.2, 0.25) is 0 Å². The molecule has 1 atom stereocenters. The Hall–Kier alpha value is -4.48. The Morgan fingerprint density at radius 3 is 2.37 bits per heavy atom. The first-order valence-corrected chi connectivity index (χ1v) is 23.8. The number of piperidine rings is 2. The summed E-state index contributed by atoms with van der Waals surface area (Å²) in [7, 11) is -3.14. The second kappa shape index (κ2) is 16.9. The number of benzene rings is 2. The molecule has 6 heterocycles. The standard InChI is InChI=1S/C45H58F3N7O6S/c1-7-30-24-32-38(39(60-28-45(46,47)48)37(30)36-29(2)11-12-34-33(36)25-49-55(34)35-10-8-9-22-59-35)50-40(31-13-17-52(18-14-31)21-23-62(6,57)58)51-41(32)53-19-15-44(16-20-53)26-54(27-44)42(56)61-43(3,4)5/h7,11-12,24-25,31,35H,1,8-10,13-23,26-28H2,2-6H3. The number of sulfone groups is 1. The number of hydrogen-bond acceptors (Lipinski definition) is 11. The molecular weight excluding hydrogens is 824 g/mol. The van der Waals surface area contributed by atoms with Gasteiger partial charge in [-0.15, -0.1) is 0 Å². The lowest BCUT2D eigenvalue weighted by Crippen LogP contribution is -2.62. The van der Waals surface area contributed by atoms with Crippen molar-refractivity contribution in [2.45, 2.75) is 96.6 Å². The number of ether oxygens (including phenoxy) is 3. The van der Waals surface area contributed by atoms with Crippen molar-refractivity contribution < 1.29 is 40.6 Å². The zero-order valence-corrected chi connectivity index (χ0v) is 37.2. The fraction of sp³-hybridized carbons (Fsp3) is 0.600. The van der Waals surface area contributed by atoms with Crippen LogP contribution in [-0.4, -0.2) is 127 Å². The van der Waals surface area contributed by atoms with Crippen molar-refractivity contribution in [3.63, 3.8) is 0 Å². The molecule has 4 fully saturated rings. The highest BCUT2D eigenvalue weighted by Gasteiger charge is 2.48. The molecule has 0 bridgehead atoms. The Morgan fingerprint density at radius 2 is 1.74 bits per heavy atom. The highest BCUT2D eigenvalue weighted by molar-refractivity contribution is 7.90. The van der Waals surface area contributed by atoms with Gasteiger partial charge in [-0.2, -0.15) is 18.3 Å². The highest BCUT2D eigenvalue weighted by Crippen LogP contribution is 2.48. The summed E-state index contributed by atoms with van der Waals surface area (Å²) in [6, 6.07) is 5.85. The first-order chi connectivity index (χ1) is 29.3. The summed E-state index contributed by atoms with van der Waals surface area (Å²) in [5.41, 5.74) is 2.94. The normalized spacial score (nSPS) is 20.5. The molecule has 1 spiro atoms. The molecule has 8 rings (SSSR count). The summed E-state index contributed by atoms with van der Waals surface area (Å²) < 4.78 is 86.4. The summed E-state index contributed by atoms with van der Waals surface area (Å²) in [5.74, 6) is 1.07. The smallest absolute Gasteiger partial charge is 0.422 e. The van der Waals surface area contributed by atoms with Crippen LogP contribution in [0.3, 0.4) is 0 Å². The first kappa shape index (κ1) is 44.1. The zero-order valence-electron chi connectivity index (χ0n) is 36.4. The molecule has 62 heavy (non-hydrogen) atoms. The summed E-state index contributed by atoms with van der Waals surface area (Å²) >= 11 is 0. The van der Waals surface area contributed by atoms with Crippen LogP contribution in [-0.2, 0) is 19.3 Å². The van der Waals surface area contributed by atoms with Crippen LogP contribution >= 0.6 is 0 Å². The molecule has 0 N–H and O–H groups in total. The fourth-order valence-corrected chi connectivity index (χ4v) is 10.1. The van der Waals surface area contributed by atoms with Crippen LogP contribution in [0, 0.1) is 12.3 Å². The van der Waals surface area contributed by atoms with Crippen LogP contribution in [0.5, 0.6) is 5.75 Å². The maximum Gasteiger partial charge on any atom is 0.422 e. The van der Waals surface area contributed by atoms with Gasteiger partial charge in [-0.1, -0.05) is 18.7 Å². The number of nitrogens with zero attached hydrogens (tertiary/aromatic N) is 7. The van der Waals surface area contributed by atoms with E-state index in [-0.39, 0.29) is 40.7 Å². The Kier molecular flexibility index (Phi) is 12.0. The molecule has 13 nitrogen and oxygen atoms in total. The van der Waals surface area contributed by atoms with Crippen molar-refractivity contribution >= 4 is 49.6 Å². The molecule has 2 aromatic carbocycles. The topological polar surface area (TPSA) is 132 Å². The van der Waals surface area contributed by atoms with Crippen LogP contribution in [0.1, 0.15) is 94.8 Å². The van der Waals surface area contributed by atoms with Gasteiger partial charge in [-0.25, -0.2) is 27.9 Å². The number of aryl methyl sites for hydroxylation is 1. The van der Waals surface area contributed by atoms with E-state index in [0.29, 0.717) is 99.0 Å². The van der Waals surface area contributed by atoms with Crippen molar-refractivity contribution in [3.8, 4) is 16.9 Å². The number of hydrogen-bond donors (Lipinski definition) is 0. The second-order valence-corrected chi connectivity index (χ2v) is 21.0. The average Bonchev–Trinajstić information content (AvgIpc) is 3.64. The SMILES string of the molecule is C=Cc1cc2c(N3CCC4(CC3)CN(C(=O)OC(C)(C)C)C4)nc(C3CCN(CCS(C)(=O)=O)CC3)nc2c(OCC(F)(F)F)c1-c1c(C)ccc2c1cnn2C1CCCCO1. The number of carbonyl (C=O) groups is 1. The third-order valence-electron chi connectivity index (χ3n) is 12.8. The Bertz CT molecular complexity index is 2440. The predicted molar refractivity (Wildman–Crippen MR) is 233 cm³/mol. The van der Waals surface area contributed by atoms with Crippen molar-refractivity contribution in [1.29, 1.82) is 0 Å². The van der Waals surface area contributed by atoms with Gasteiger partial charge < -0.3 is 28.9 Å². The van der Waals surface area contributed by atoms with E-state index in [1.807, 2.05) is 50.6 Å². The lowest BCUT2D eigenvalue weighted by Gasteiger charge is -2.53. The van der Waals surface area contributed by atoms with Crippen LogP contribution in [0.4, 0.5) is 23.8 Å². The van der Waals surface area contributed by atoms with E-state index in [4.69, 9.17) is 29.3 Å².